The van der Waals surface area contributed by atoms with E-state index in [2.05, 4.69) is 5.10 Å². The second-order valence-electron chi connectivity index (χ2n) is 4.80. The standard InChI is InChI=1S/C15H18FN3O2/c1-10(17)13-9-14(11-3-5-12(16)6-4-11)18-19(15(13)20)7-8-21-2/h3-6,9-10H,7-8,17H2,1-2H3. The lowest BCUT2D eigenvalue weighted by Crippen LogP contribution is -2.30. The fraction of sp³-hybridized carbons (Fsp3) is 0.333. The van der Waals surface area contributed by atoms with E-state index in [9.17, 15) is 9.18 Å². The largest absolute Gasteiger partial charge is 0.383 e. The fourth-order valence-electron chi connectivity index (χ4n) is 1.98. The fourth-order valence-corrected chi connectivity index (χ4v) is 1.98. The van der Waals surface area contributed by atoms with Gasteiger partial charge in [0.05, 0.1) is 18.8 Å². The number of rotatable bonds is 5. The smallest absolute Gasteiger partial charge is 0.271 e. The van der Waals surface area contributed by atoms with Crippen molar-refractivity contribution in [2.24, 2.45) is 5.73 Å². The minimum Gasteiger partial charge on any atom is -0.383 e. The van der Waals surface area contributed by atoms with Crippen molar-refractivity contribution in [1.82, 2.24) is 9.78 Å². The molecular formula is C15H18FN3O2. The minimum atomic E-state index is -0.409. The molecule has 5 nitrogen and oxygen atoms in total. The summed E-state index contributed by atoms with van der Waals surface area (Å²) in [6.45, 7) is 2.45. The maximum Gasteiger partial charge on any atom is 0.271 e. The number of ether oxygens (including phenoxy) is 1. The van der Waals surface area contributed by atoms with E-state index in [1.54, 1.807) is 32.2 Å². The monoisotopic (exact) mass is 291 g/mol. The van der Waals surface area contributed by atoms with Crippen LogP contribution in [0.2, 0.25) is 0 Å². The van der Waals surface area contributed by atoms with Crippen molar-refractivity contribution in [2.45, 2.75) is 19.5 Å². The molecule has 0 saturated carbocycles. The zero-order valence-electron chi connectivity index (χ0n) is 12.0. The molecule has 0 saturated heterocycles. The second kappa shape index (κ2) is 6.60. The van der Waals surface area contributed by atoms with Gasteiger partial charge >= 0.3 is 0 Å². The molecule has 1 atom stereocenters. The average molecular weight is 291 g/mol. The molecule has 0 amide bonds. The molecule has 1 unspecified atom stereocenters. The van der Waals surface area contributed by atoms with Crippen molar-refractivity contribution in [3.8, 4) is 11.3 Å². The molecule has 2 aromatic rings. The van der Waals surface area contributed by atoms with Crippen LogP contribution >= 0.6 is 0 Å². The van der Waals surface area contributed by atoms with Crippen LogP contribution in [-0.2, 0) is 11.3 Å². The van der Waals surface area contributed by atoms with Gasteiger partial charge in [-0.3, -0.25) is 4.79 Å². The number of benzene rings is 1. The van der Waals surface area contributed by atoms with Crippen molar-refractivity contribution < 1.29 is 9.13 Å². The molecule has 2 N–H and O–H groups in total. The molecule has 0 aliphatic carbocycles. The highest BCUT2D eigenvalue weighted by Crippen LogP contribution is 2.18. The third kappa shape index (κ3) is 3.53. The molecule has 1 aromatic carbocycles. The van der Waals surface area contributed by atoms with Gasteiger partial charge in [0.1, 0.15) is 5.82 Å². The number of aromatic nitrogens is 2. The van der Waals surface area contributed by atoms with Crippen molar-refractivity contribution >= 4 is 0 Å². The van der Waals surface area contributed by atoms with E-state index in [1.807, 2.05) is 0 Å². The quantitative estimate of drug-likeness (QED) is 0.910. The summed E-state index contributed by atoms with van der Waals surface area (Å²) in [5, 5.41) is 4.30. The molecule has 21 heavy (non-hydrogen) atoms. The normalized spacial score (nSPS) is 12.4. The summed E-state index contributed by atoms with van der Waals surface area (Å²) in [5.41, 5.74) is 7.40. The molecule has 0 aliphatic heterocycles. The number of hydrogen-bond acceptors (Lipinski definition) is 4. The van der Waals surface area contributed by atoms with E-state index in [0.717, 1.165) is 5.56 Å². The van der Waals surface area contributed by atoms with Crippen LogP contribution in [0.25, 0.3) is 11.3 Å². The number of halogens is 1. The average Bonchev–Trinajstić information content (AvgIpc) is 2.47. The maximum absolute atomic E-state index is 13.0. The number of hydrogen-bond donors (Lipinski definition) is 1. The topological polar surface area (TPSA) is 70.1 Å². The second-order valence-corrected chi connectivity index (χ2v) is 4.80. The van der Waals surface area contributed by atoms with Gasteiger partial charge in [0.2, 0.25) is 0 Å². The Balaban J connectivity index is 2.52. The Morgan fingerprint density at radius 3 is 2.62 bits per heavy atom. The Morgan fingerprint density at radius 2 is 2.05 bits per heavy atom. The number of nitrogens with zero attached hydrogens (tertiary/aromatic N) is 2. The maximum atomic E-state index is 13.0. The van der Waals surface area contributed by atoms with Crippen LogP contribution in [0.5, 0.6) is 0 Å². The Morgan fingerprint density at radius 1 is 1.38 bits per heavy atom. The van der Waals surface area contributed by atoms with Gasteiger partial charge in [-0.2, -0.15) is 5.10 Å². The van der Waals surface area contributed by atoms with Crippen molar-refractivity contribution in [3.63, 3.8) is 0 Å². The van der Waals surface area contributed by atoms with Gasteiger partial charge in [0.25, 0.3) is 5.56 Å². The van der Waals surface area contributed by atoms with Crippen LogP contribution in [0, 0.1) is 5.82 Å². The van der Waals surface area contributed by atoms with E-state index in [1.165, 1.54) is 16.8 Å². The molecule has 0 radical (unpaired) electrons. The zero-order chi connectivity index (χ0) is 15.4. The van der Waals surface area contributed by atoms with E-state index in [-0.39, 0.29) is 11.4 Å². The molecule has 0 fully saturated rings. The minimum absolute atomic E-state index is 0.229. The molecule has 0 aliphatic rings. The lowest BCUT2D eigenvalue weighted by molar-refractivity contribution is 0.181. The summed E-state index contributed by atoms with van der Waals surface area (Å²) in [6.07, 6.45) is 0. The molecular weight excluding hydrogens is 273 g/mol. The molecule has 6 heteroatoms. The van der Waals surface area contributed by atoms with E-state index >= 15 is 0 Å². The Hall–Kier alpha value is -2.05. The van der Waals surface area contributed by atoms with Crippen LogP contribution in [0.15, 0.2) is 35.1 Å². The van der Waals surface area contributed by atoms with E-state index in [0.29, 0.717) is 24.4 Å². The number of nitrogens with two attached hydrogens (primary N) is 1. The highest BCUT2D eigenvalue weighted by atomic mass is 19.1. The van der Waals surface area contributed by atoms with E-state index in [4.69, 9.17) is 10.5 Å². The van der Waals surface area contributed by atoms with Crippen LogP contribution in [0.3, 0.4) is 0 Å². The Kier molecular flexibility index (Phi) is 4.82. The first kappa shape index (κ1) is 15.3. The lowest BCUT2D eigenvalue weighted by atomic mass is 10.1. The third-order valence-electron chi connectivity index (χ3n) is 3.14. The van der Waals surface area contributed by atoms with Crippen LogP contribution in [0.4, 0.5) is 4.39 Å². The van der Waals surface area contributed by atoms with E-state index < -0.39 is 6.04 Å². The highest BCUT2D eigenvalue weighted by Gasteiger charge is 2.13. The molecule has 2 rings (SSSR count). The summed E-state index contributed by atoms with van der Waals surface area (Å²) in [5.74, 6) is -0.320. The van der Waals surface area contributed by atoms with Gasteiger partial charge in [0, 0.05) is 24.3 Å². The van der Waals surface area contributed by atoms with Crippen molar-refractivity contribution in [2.75, 3.05) is 13.7 Å². The zero-order valence-corrected chi connectivity index (χ0v) is 12.0. The highest BCUT2D eigenvalue weighted by molar-refractivity contribution is 5.59. The summed E-state index contributed by atoms with van der Waals surface area (Å²) in [4.78, 5) is 12.3. The van der Waals surface area contributed by atoms with Crippen LogP contribution in [0.1, 0.15) is 18.5 Å². The predicted molar refractivity (Wildman–Crippen MR) is 78.4 cm³/mol. The van der Waals surface area contributed by atoms with Crippen molar-refractivity contribution in [3.05, 3.63) is 52.1 Å². The lowest BCUT2D eigenvalue weighted by Gasteiger charge is -2.12. The van der Waals surface area contributed by atoms with Gasteiger partial charge in [-0.05, 0) is 37.3 Å². The van der Waals surface area contributed by atoms with Gasteiger partial charge < -0.3 is 10.5 Å². The predicted octanol–water partition coefficient (Wildman–Crippen LogP) is 1.72. The first-order valence-corrected chi connectivity index (χ1v) is 6.65. The van der Waals surface area contributed by atoms with Gasteiger partial charge in [-0.25, -0.2) is 9.07 Å². The van der Waals surface area contributed by atoms with Gasteiger partial charge in [-0.1, -0.05) is 0 Å². The van der Waals surface area contributed by atoms with Gasteiger partial charge in [0.15, 0.2) is 0 Å². The summed E-state index contributed by atoms with van der Waals surface area (Å²) >= 11 is 0. The summed E-state index contributed by atoms with van der Waals surface area (Å²) < 4.78 is 19.3. The Labute approximate surface area is 122 Å². The summed E-state index contributed by atoms with van der Waals surface area (Å²) in [7, 11) is 1.56. The van der Waals surface area contributed by atoms with Crippen LogP contribution < -0.4 is 11.3 Å². The molecule has 1 heterocycles. The SMILES string of the molecule is COCCn1nc(-c2ccc(F)cc2)cc(C(C)N)c1=O. The molecule has 0 bridgehead atoms. The first-order chi connectivity index (χ1) is 10.0. The number of methoxy groups -OCH3 is 1. The first-order valence-electron chi connectivity index (χ1n) is 6.65. The Bertz CT molecular complexity index is 666. The van der Waals surface area contributed by atoms with Gasteiger partial charge in [-0.15, -0.1) is 0 Å². The third-order valence-corrected chi connectivity index (χ3v) is 3.14. The van der Waals surface area contributed by atoms with Crippen molar-refractivity contribution in [1.29, 1.82) is 0 Å². The van der Waals surface area contributed by atoms with Crippen LogP contribution in [-0.4, -0.2) is 23.5 Å². The molecule has 1 aromatic heterocycles. The molecule has 112 valence electrons. The molecule has 0 spiro atoms. The summed E-state index contributed by atoms with van der Waals surface area (Å²) in [6, 6.07) is 7.19.